The highest BCUT2D eigenvalue weighted by Crippen LogP contribution is 2.18. The zero-order chi connectivity index (χ0) is 21.4. The van der Waals surface area contributed by atoms with E-state index in [2.05, 4.69) is 51.5 Å². The molecule has 0 aromatic carbocycles. The lowest BCUT2D eigenvalue weighted by Crippen LogP contribution is -2.54. The van der Waals surface area contributed by atoms with Crippen molar-refractivity contribution < 1.29 is 4.79 Å². The van der Waals surface area contributed by atoms with E-state index in [9.17, 15) is 4.79 Å². The Labute approximate surface area is 198 Å². The number of piperazine rings is 1. The first-order valence-electron chi connectivity index (χ1n) is 10.5. The van der Waals surface area contributed by atoms with Gasteiger partial charge in [0.1, 0.15) is 0 Å². The second-order valence-corrected chi connectivity index (χ2v) is 8.11. The Morgan fingerprint density at radius 3 is 2.43 bits per heavy atom. The molecule has 1 saturated heterocycles. The lowest BCUT2D eigenvalue weighted by atomic mass is 10.1. The number of amides is 1. The summed E-state index contributed by atoms with van der Waals surface area (Å²) in [5.41, 5.74) is 1.16. The van der Waals surface area contributed by atoms with Gasteiger partial charge in [-0.25, -0.2) is 0 Å². The molecule has 0 saturated carbocycles. The Kier molecular flexibility index (Phi) is 11.6. The number of rotatable bonds is 8. The second-order valence-electron chi connectivity index (χ2n) is 8.11. The molecular formula is C20H39IN8O. The molecule has 30 heavy (non-hydrogen) atoms. The van der Waals surface area contributed by atoms with Crippen LogP contribution >= 0.6 is 24.0 Å². The number of guanidine groups is 1. The van der Waals surface area contributed by atoms with Crippen LogP contribution in [0.25, 0.3) is 0 Å². The van der Waals surface area contributed by atoms with E-state index in [1.807, 2.05) is 38.0 Å². The van der Waals surface area contributed by atoms with Gasteiger partial charge in [-0.15, -0.1) is 24.0 Å². The number of aryl methyl sites for hydroxylation is 1. The minimum atomic E-state index is 0. The number of carbonyl (C=O) groups is 1. The third-order valence-corrected chi connectivity index (χ3v) is 4.97. The van der Waals surface area contributed by atoms with E-state index in [-0.39, 0.29) is 42.0 Å². The topological polar surface area (TPSA) is 81.0 Å². The summed E-state index contributed by atoms with van der Waals surface area (Å²) in [7, 11) is 6.08. The van der Waals surface area contributed by atoms with E-state index in [0.717, 1.165) is 44.2 Å². The SMILES string of the molecule is CCNC(=NCC(c1cnn(C)c1)N(C)C)N1CCN(CC(=O)NC(C)C)CC1.I. The molecule has 9 nitrogen and oxygen atoms in total. The van der Waals surface area contributed by atoms with Crippen LogP contribution < -0.4 is 10.6 Å². The standard InChI is InChI=1S/C20H38N8O.HI/c1-7-21-20(22-13-18(25(4)5)17-12-23-26(6)14-17)28-10-8-27(9-11-28)15-19(29)24-16(2)3;/h12,14,16,18H,7-11,13,15H2,1-6H3,(H,21,22)(H,24,29);1H. The van der Waals surface area contributed by atoms with Crippen LogP contribution in [-0.4, -0.2) is 102 Å². The van der Waals surface area contributed by atoms with Crippen molar-refractivity contribution in [2.45, 2.75) is 32.9 Å². The van der Waals surface area contributed by atoms with Crippen LogP contribution in [0.1, 0.15) is 32.4 Å². The minimum Gasteiger partial charge on any atom is -0.357 e. The minimum absolute atomic E-state index is 0. The lowest BCUT2D eigenvalue weighted by Gasteiger charge is -2.36. The summed E-state index contributed by atoms with van der Waals surface area (Å²) in [5.74, 6) is 1.04. The monoisotopic (exact) mass is 534 g/mol. The molecule has 0 bridgehead atoms. The van der Waals surface area contributed by atoms with Crippen LogP contribution in [-0.2, 0) is 11.8 Å². The maximum Gasteiger partial charge on any atom is 0.234 e. The number of aliphatic imine (C=N–C) groups is 1. The number of carbonyl (C=O) groups excluding carboxylic acids is 1. The van der Waals surface area contributed by atoms with E-state index in [1.54, 1.807) is 0 Å². The molecule has 1 aromatic rings. The fourth-order valence-corrected chi connectivity index (χ4v) is 3.47. The highest BCUT2D eigenvalue weighted by atomic mass is 127. The van der Waals surface area contributed by atoms with Gasteiger partial charge in [-0.05, 0) is 34.9 Å². The largest absolute Gasteiger partial charge is 0.357 e. The molecule has 0 spiro atoms. The van der Waals surface area contributed by atoms with Crippen LogP contribution in [0.3, 0.4) is 0 Å². The maximum atomic E-state index is 12.0. The summed E-state index contributed by atoms with van der Waals surface area (Å²) in [5, 5.41) is 10.7. The zero-order valence-electron chi connectivity index (χ0n) is 19.3. The van der Waals surface area contributed by atoms with Gasteiger partial charge in [0, 0.05) is 57.6 Å². The Balaban J connectivity index is 0.00000450. The third-order valence-electron chi connectivity index (χ3n) is 4.97. The molecule has 2 heterocycles. The normalized spacial score (nSPS) is 16.5. The van der Waals surface area contributed by atoms with Crippen molar-refractivity contribution in [3.8, 4) is 0 Å². The van der Waals surface area contributed by atoms with Crippen molar-refractivity contribution in [3.05, 3.63) is 18.0 Å². The Morgan fingerprint density at radius 2 is 1.93 bits per heavy atom. The molecule has 1 amide bonds. The first-order valence-corrected chi connectivity index (χ1v) is 10.5. The van der Waals surface area contributed by atoms with Gasteiger partial charge in [0.05, 0.1) is 25.3 Å². The molecule has 0 aliphatic carbocycles. The van der Waals surface area contributed by atoms with E-state index < -0.39 is 0 Å². The molecular weight excluding hydrogens is 495 g/mol. The number of nitrogens with one attached hydrogen (secondary N) is 2. The quantitative estimate of drug-likeness (QED) is 0.291. The van der Waals surface area contributed by atoms with Crippen LogP contribution in [0.5, 0.6) is 0 Å². The average Bonchev–Trinajstić information content (AvgIpc) is 3.06. The molecule has 172 valence electrons. The highest BCUT2D eigenvalue weighted by Gasteiger charge is 2.22. The summed E-state index contributed by atoms with van der Waals surface area (Å²) < 4.78 is 1.83. The maximum absolute atomic E-state index is 12.0. The summed E-state index contributed by atoms with van der Waals surface area (Å²) in [6.07, 6.45) is 3.96. The van der Waals surface area contributed by atoms with Crippen molar-refractivity contribution in [2.75, 3.05) is 59.9 Å². The fourth-order valence-electron chi connectivity index (χ4n) is 3.47. The molecule has 10 heteroatoms. The molecule has 2 rings (SSSR count). The van der Waals surface area contributed by atoms with Gasteiger partial charge in [0.25, 0.3) is 0 Å². The Bertz CT molecular complexity index is 668. The first-order chi connectivity index (χ1) is 13.8. The molecule has 1 aliphatic heterocycles. The Morgan fingerprint density at radius 1 is 1.27 bits per heavy atom. The van der Waals surface area contributed by atoms with E-state index in [1.165, 1.54) is 0 Å². The Hall–Kier alpha value is -1.40. The van der Waals surface area contributed by atoms with Gasteiger partial charge in [-0.1, -0.05) is 0 Å². The molecule has 1 unspecified atom stereocenters. The van der Waals surface area contributed by atoms with Crippen LogP contribution in [0, 0.1) is 0 Å². The summed E-state index contributed by atoms with van der Waals surface area (Å²) in [6, 6.07) is 0.360. The van der Waals surface area contributed by atoms with Gasteiger partial charge in [-0.3, -0.25) is 19.4 Å². The van der Waals surface area contributed by atoms with Crippen molar-refractivity contribution >= 4 is 35.8 Å². The van der Waals surface area contributed by atoms with Gasteiger partial charge < -0.3 is 20.4 Å². The molecule has 1 aliphatic rings. The highest BCUT2D eigenvalue weighted by molar-refractivity contribution is 14.0. The second kappa shape index (κ2) is 13.1. The molecule has 1 atom stereocenters. The lowest BCUT2D eigenvalue weighted by molar-refractivity contribution is -0.123. The predicted molar refractivity (Wildman–Crippen MR) is 132 cm³/mol. The van der Waals surface area contributed by atoms with Gasteiger partial charge in [0.2, 0.25) is 5.91 Å². The molecule has 2 N–H and O–H groups in total. The summed E-state index contributed by atoms with van der Waals surface area (Å²) in [6.45, 7) is 11.5. The third kappa shape index (κ3) is 8.38. The van der Waals surface area contributed by atoms with Gasteiger partial charge in [0.15, 0.2) is 5.96 Å². The van der Waals surface area contributed by atoms with Crippen molar-refractivity contribution in [2.24, 2.45) is 12.0 Å². The van der Waals surface area contributed by atoms with Crippen molar-refractivity contribution in [3.63, 3.8) is 0 Å². The predicted octanol–water partition coefficient (Wildman–Crippen LogP) is 0.749. The molecule has 0 radical (unpaired) electrons. The van der Waals surface area contributed by atoms with Crippen molar-refractivity contribution in [1.82, 2.24) is 35.1 Å². The summed E-state index contributed by atoms with van der Waals surface area (Å²) >= 11 is 0. The molecule has 1 aromatic heterocycles. The number of hydrogen-bond donors (Lipinski definition) is 2. The smallest absolute Gasteiger partial charge is 0.234 e. The van der Waals surface area contributed by atoms with Gasteiger partial charge in [-0.2, -0.15) is 5.10 Å². The average molecular weight is 534 g/mol. The van der Waals surface area contributed by atoms with Crippen LogP contribution in [0.15, 0.2) is 17.4 Å². The van der Waals surface area contributed by atoms with Crippen LogP contribution in [0.4, 0.5) is 0 Å². The van der Waals surface area contributed by atoms with E-state index in [4.69, 9.17) is 4.99 Å². The number of hydrogen-bond acceptors (Lipinski definition) is 5. The van der Waals surface area contributed by atoms with Gasteiger partial charge >= 0.3 is 0 Å². The van der Waals surface area contributed by atoms with E-state index >= 15 is 0 Å². The number of likely N-dealkylation sites (N-methyl/N-ethyl adjacent to an activating group) is 1. The van der Waals surface area contributed by atoms with E-state index in [0.29, 0.717) is 13.1 Å². The number of nitrogens with zero attached hydrogens (tertiary/aromatic N) is 6. The van der Waals surface area contributed by atoms with Crippen LogP contribution in [0.2, 0.25) is 0 Å². The zero-order valence-corrected chi connectivity index (χ0v) is 21.6. The van der Waals surface area contributed by atoms with Crippen molar-refractivity contribution in [1.29, 1.82) is 0 Å². The first kappa shape index (κ1) is 26.6. The number of aromatic nitrogens is 2. The number of halogens is 1. The summed E-state index contributed by atoms with van der Waals surface area (Å²) in [4.78, 5) is 23.6. The fraction of sp³-hybridized carbons (Fsp3) is 0.750. The molecule has 1 fully saturated rings.